The van der Waals surface area contributed by atoms with E-state index in [9.17, 15) is 14.0 Å². The van der Waals surface area contributed by atoms with Crippen molar-refractivity contribution in [3.8, 4) is 5.75 Å². The number of halogens is 3. The van der Waals surface area contributed by atoms with Crippen LogP contribution in [0.25, 0.3) is 0 Å². The second-order valence-corrected chi connectivity index (χ2v) is 5.69. The molecule has 7 heteroatoms. The van der Waals surface area contributed by atoms with Crippen molar-refractivity contribution in [2.75, 3.05) is 6.61 Å². The number of carbonyl (C=O) groups is 2. The molecule has 0 bridgehead atoms. The van der Waals surface area contributed by atoms with Gasteiger partial charge in [-0.2, -0.15) is 0 Å². The van der Waals surface area contributed by atoms with Crippen LogP contribution in [-0.2, 0) is 9.53 Å². The molecule has 0 N–H and O–H groups in total. The Morgan fingerprint density at radius 1 is 1.17 bits per heavy atom. The average molecular weight is 371 g/mol. The Balaban J connectivity index is 1.92. The zero-order chi connectivity index (χ0) is 17.7. The molecule has 0 saturated carbocycles. The molecule has 0 fully saturated rings. The van der Waals surface area contributed by atoms with Gasteiger partial charge in [0.25, 0.3) is 0 Å². The van der Waals surface area contributed by atoms with Crippen molar-refractivity contribution in [1.29, 1.82) is 0 Å². The van der Waals surface area contributed by atoms with Gasteiger partial charge >= 0.3 is 5.97 Å². The standard InChI is InChI=1S/C17H13Cl2FO4/c1-10(24-16-7-6-11(18)8-13(16)19)17(22)23-9-15(21)12-4-2-3-5-14(12)20/h2-8,10H,9H2,1H3. The van der Waals surface area contributed by atoms with Gasteiger partial charge in [0.15, 0.2) is 12.7 Å². The minimum Gasteiger partial charge on any atom is -0.477 e. The summed E-state index contributed by atoms with van der Waals surface area (Å²) in [7, 11) is 0. The number of ether oxygens (including phenoxy) is 2. The fourth-order valence-electron chi connectivity index (χ4n) is 1.83. The molecule has 2 aromatic rings. The molecule has 0 amide bonds. The van der Waals surface area contributed by atoms with Crippen molar-refractivity contribution >= 4 is 35.0 Å². The minimum atomic E-state index is -1.00. The molecule has 0 aliphatic heterocycles. The van der Waals surface area contributed by atoms with Gasteiger partial charge in [-0.3, -0.25) is 4.79 Å². The molecule has 2 rings (SSSR count). The first kappa shape index (κ1) is 18.2. The number of rotatable bonds is 6. The van der Waals surface area contributed by atoms with Gasteiger partial charge in [0.05, 0.1) is 10.6 Å². The lowest BCUT2D eigenvalue weighted by molar-refractivity contribution is -0.149. The third kappa shape index (κ3) is 4.69. The second-order valence-electron chi connectivity index (χ2n) is 4.85. The molecule has 0 aliphatic carbocycles. The van der Waals surface area contributed by atoms with Crippen LogP contribution in [0.5, 0.6) is 5.75 Å². The monoisotopic (exact) mass is 370 g/mol. The van der Waals surface area contributed by atoms with Crippen molar-refractivity contribution in [1.82, 2.24) is 0 Å². The van der Waals surface area contributed by atoms with Crippen LogP contribution in [0.2, 0.25) is 10.0 Å². The number of hydrogen-bond donors (Lipinski definition) is 0. The first-order chi connectivity index (χ1) is 11.4. The zero-order valence-corrected chi connectivity index (χ0v) is 14.1. The Bertz CT molecular complexity index is 764. The van der Waals surface area contributed by atoms with E-state index in [1.165, 1.54) is 37.3 Å². The van der Waals surface area contributed by atoms with Crippen LogP contribution >= 0.6 is 23.2 Å². The van der Waals surface area contributed by atoms with Crippen LogP contribution in [0.1, 0.15) is 17.3 Å². The number of Topliss-reactive ketones (excluding diaryl/α,β-unsaturated/α-hetero) is 1. The van der Waals surface area contributed by atoms with Crippen LogP contribution < -0.4 is 4.74 Å². The van der Waals surface area contributed by atoms with Crippen LogP contribution in [-0.4, -0.2) is 24.5 Å². The van der Waals surface area contributed by atoms with Gasteiger partial charge in [-0.15, -0.1) is 0 Å². The largest absolute Gasteiger partial charge is 0.477 e. The van der Waals surface area contributed by atoms with E-state index in [-0.39, 0.29) is 16.3 Å². The summed E-state index contributed by atoms with van der Waals surface area (Å²) in [5.41, 5.74) is -0.139. The van der Waals surface area contributed by atoms with Gasteiger partial charge in [0, 0.05) is 5.02 Å². The number of ketones is 1. The smallest absolute Gasteiger partial charge is 0.347 e. The Kier molecular flexibility index (Phi) is 6.17. The molecule has 0 aromatic heterocycles. The van der Waals surface area contributed by atoms with E-state index in [1.54, 1.807) is 6.07 Å². The maximum atomic E-state index is 13.5. The van der Waals surface area contributed by atoms with Crippen LogP contribution in [0.4, 0.5) is 4.39 Å². The summed E-state index contributed by atoms with van der Waals surface area (Å²) in [6, 6.07) is 10.00. The fourth-order valence-corrected chi connectivity index (χ4v) is 2.28. The van der Waals surface area contributed by atoms with Crippen molar-refractivity contribution in [3.05, 3.63) is 63.9 Å². The summed E-state index contributed by atoms with van der Waals surface area (Å²) in [4.78, 5) is 23.7. The third-order valence-corrected chi connectivity index (χ3v) is 3.58. The maximum absolute atomic E-state index is 13.5. The van der Waals surface area contributed by atoms with Crippen molar-refractivity contribution in [2.45, 2.75) is 13.0 Å². The summed E-state index contributed by atoms with van der Waals surface area (Å²) in [5, 5.41) is 0.669. The molecule has 1 atom stereocenters. The summed E-state index contributed by atoms with van der Waals surface area (Å²) >= 11 is 11.7. The lowest BCUT2D eigenvalue weighted by atomic mass is 10.1. The van der Waals surface area contributed by atoms with E-state index < -0.39 is 30.3 Å². The van der Waals surface area contributed by atoms with Crippen LogP contribution in [0.3, 0.4) is 0 Å². The summed E-state index contributed by atoms with van der Waals surface area (Å²) in [5.74, 6) is -1.83. The fraction of sp³-hybridized carbons (Fsp3) is 0.176. The molecular weight excluding hydrogens is 358 g/mol. The van der Waals surface area contributed by atoms with Crippen LogP contribution in [0.15, 0.2) is 42.5 Å². The second kappa shape index (κ2) is 8.13. The quantitative estimate of drug-likeness (QED) is 0.561. The van der Waals surface area contributed by atoms with Gasteiger partial charge in [0.2, 0.25) is 5.78 Å². The predicted octanol–water partition coefficient (Wildman–Crippen LogP) is 4.33. The van der Waals surface area contributed by atoms with E-state index in [1.807, 2.05) is 0 Å². The normalized spacial score (nSPS) is 11.7. The van der Waals surface area contributed by atoms with Crippen molar-refractivity contribution in [3.63, 3.8) is 0 Å². The highest BCUT2D eigenvalue weighted by molar-refractivity contribution is 6.35. The summed E-state index contributed by atoms with van der Waals surface area (Å²) < 4.78 is 23.7. The Hall–Kier alpha value is -2.11. The summed E-state index contributed by atoms with van der Waals surface area (Å²) in [6.45, 7) is 0.864. The molecule has 1 unspecified atom stereocenters. The molecule has 0 heterocycles. The highest BCUT2D eigenvalue weighted by Gasteiger charge is 2.20. The molecule has 4 nitrogen and oxygen atoms in total. The Morgan fingerprint density at radius 2 is 1.88 bits per heavy atom. The Labute approximate surface area is 148 Å². The molecule has 126 valence electrons. The van der Waals surface area contributed by atoms with Gasteiger partial charge in [-0.05, 0) is 37.3 Å². The molecule has 2 aromatic carbocycles. The van der Waals surface area contributed by atoms with E-state index >= 15 is 0 Å². The van der Waals surface area contributed by atoms with Crippen molar-refractivity contribution < 1.29 is 23.5 Å². The molecular formula is C17H13Cl2FO4. The average Bonchev–Trinajstić information content (AvgIpc) is 2.55. The third-order valence-electron chi connectivity index (χ3n) is 3.05. The van der Waals surface area contributed by atoms with Crippen LogP contribution in [0, 0.1) is 5.82 Å². The highest BCUT2D eigenvalue weighted by Crippen LogP contribution is 2.28. The lowest BCUT2D eigenvalue weighted by Gasteiger charge is -2.15. The zero-order valence-electron chi connectivity index (χ0n) is 12.6. The van der Waals surface area contributed by atoms with E-state index in [0.29, 0.717) is 5.02 Å². The summed E-state index contributed by atoms with van der Waals surface area (Å²) in [6.07, 6.45) is -1.00. The topological polar surface area (TPSA) is 52.6 Å². The first-order valence-corrected chi connectivity index (χ1v) is 7.70. The van der Waals surface area contributed by atoms with Gasteiger partial charge in [-0.1, -0.05) is 35.3 Å². The maximum Gasteiger partial charge on any atom is 0.347 e. The predicted molar refractivity (Wildman–Crippen MR) is 88.2 cm³/mol. The minimum absolute atomic E-state index is 0.139. The van der Waals surface area contributed by atoms with E-state index in [4.69, 9.17) is 32.7 Å². The number of carbonyl (C=O) groups excluding carboxylic acids is 2. The first-order valence-electron chi connectivity index (χ1n) is 6.94. The SMILES string of the molecule is CC(Oc1ccc(Cl)cc1Cl)C(=O)OCC(=O)c1ccccc1F. The molecule has 24 heavy (non-hydrogen) atoms. The molecule has 0 spiro atoms. The number of esters is 1. The Morgan fingerprint density at radius 3 is 2.54 bits per heavy atom. The molecule has 0 aliphatic rings. The lowest BCUT2D eigenvalue weighted by Crippen LogP contribution is -2.28. The highest BCUT2D eigenvalue weighted by atomic mass is 35.5. The van der Waals surface area contributed by atoms with Gasteiger partial charge in [0.1, 0.15) is 11.6 Å². The number of hydrogen-bond acceptors (Lipinski definition) is 4. The van der Waals surface area contributed by atoms with Gasteiger partial charge < -0.3 is 9.47 Å². The molecule has 0 radical (unpaired) electrons. The number of benzene rings is 2. The van der Waals surface area contributed by atoms with Gasteiger partial charge in [-0.25, -0.2) is 9.18 Å². The van der Waals surface area contributed by atoms with E-state index in [0.717, 1.165) is 6.07 Å². The van der Waals surface area contributed by atoms with E-state index in [2.05, 4.69) is 0 Å². The molecule has 0 saturated heterocycles. The van der Waals surface area contributed by atoms with Crippen molar-refractivity contribution in [2.24, 2.45) is 0 Å².